The fourth-order valence-electron chi connectivity index (χ4n) is 2.67. The Kier molecular flexibility index (Phi) is 7.90. The van der Waals surface area contributed by atoms with Crippen LogP contribution in [0.1, 0.15) is 12.7 Å². The molecule has 0 aliphatic carbocycles. The number of hydrogen-bond acceptors (Lipinski definition) is 5. The monoisotopic (exact) mass is 376 g/mol. The molecule has 2 aromatic rings. The Morgan fingerprint density at radius 3 is 2.74 bits per heavy atom. The molecule has 1 aromatic carbocycles. The summed E-state index contributed by atoms with van der Waals surface area (Å²) in [5.41, 5.74) is 0.408. The Labute approximate surface area is 157 Å². The zero-order valence-electron chi connectivity index (χ0n) is 15.6. The van der Waals surface area contributed by atoms with Gasteiger partial charge in [0.05, 0.1) is 24.1 Å². The summed E-state index contributed by atoms with van der Waals surface area (Å²) in [5.74, 6) is 0.0154. The lowest BCUT2D eigenvalue weighted by molar-refractivity contribution is -0.906. The number of aromatic amines is 1. The molecule has 2 amide bonds. The molecule has 9 heteroatoms. The number of amides is 2. The van der Waals surface area contributed by atoms with Crippen LogP contribution in [-0.4, -0.2) is 61.7 Å². The number of quaternary nitrogens is 1. The van der Waals surface area contributed by atoms with E-state index in [0.29, 0.717) is 43.0 Å². The number of hydrogen-bond donors (Lipinski definition) is 4. The molecule has 1 aromatic heterocycles. The van der Waals surface area contributed by atoms with Gasteiger partial charge in [-0.05, 0) is 19.1 Å². The van der Waals surface area contributed by atoms with Crippen molar-refractivity contribution < 1.29 is 19.2 Å². The number of likely N-dealkylation sites (N-methyl/N-ethyl adjacent to an activating group) is 1. The number of carbonyl (C=O) groups is 2. The molecule has 9 nitrogen and oxygen atoms in total. The van der Waals surface area contributed by atoms with Crippen LogP contribution < -0.4 is 21.1 Å². The molecule has 1 unspecified atom stereocenters. The number of ether oxygens (including phenoxy) is 1. The van der Waals surface area contributed by atoms with E-state index in [1.807, 2.05) is 13.0 Å². The topological polar surface area (TPSA) is 118 Å². The molecule has 0 spiro atoms. The van der Waals surface area contributed by atoms with Crippen molar-refractivity contribution >= 4 is 22.7 Å². The van der Waals surface area contributed by atoms with E-state index in [0.717, 1.165) is 4.90 Å². The highest BCUT2D eigenvalue weighted by atomic mass is 16.5. The van der Waals surface area contributed by atoms with Crippen LogP contribution >= 0.6 is 0 Å². The normalized spacial score (nSPS) is 11.9. The van der Waals surface area contributed by atoms with Crippen LogP contribution in [0.3, 0.4) is 0 Å². The number of fused-ring (bicyclic) bond motifs is 1. The summed E-state index contributed by atoms with van der Waals surface area (Å²) in [6.07, 6.45) is 0. The zero-order chi connectivity index (χ0) is 19.6. The van der Waals surface area contributed by atoms with Gasteiger partial charge in [0.2, 0.25) is 5.91 Å². The number of nitrogens with zero attached hydrogens (tertiary/aromatic N) is 1. The Bertz CT molecular complexity index is 836. The fourth-order valence-corrected chi connectivity index (χ4v) is 2.67. The number of rotatable bonds is 10. The molecule has 4 N–H and O–H groups in total. The van der Waals surface area contributed by atoms with Crippen molar-refractivity contribution in [3.8, 4) is 0 Å². The first-order valence-electron chi connectivity index (χ1n) is 8.87. The van der Waals surface area contributed by atoms with Crippen LogP contribution in [0.5, 0.6) is 0 Å². The second-order valence-electron chi connectivity index (χ2n) is 6.11. The third-order valence-corrected chi connectivity index (χ3v) is 3.97. The van der Waals surface area contributed by atoms with Crippen molar-refractivity contribution in [2.75, 3.05) is 39.9 Å². The first-order chi connectivity index (χ1) is 13.0. The number of para-hydroxylation sites is 1. The number of carbonyl (C=O) groups excluding carboxylic acids is 2. The molecule has 1 atom stereocenters. The van der Waals surface area contributed by atoms with Gasteiger partial charge in [-0.15, -0.1) is 0 Å². The third kappa shape index (κ3) is 6.46. The summed E-state index contributed by atoms with van der Waals surface area (Å²) in [6, 6.07) is 7.11. The maximum absolute atomic E-state index is 12.2. The Morgan fingerprint density at radius 2 is 2.00 bits per heavy atom. The minimum Gasteiger partial charge on any atom is -0.379 e. The van der Waals surface area contributed by atoms with Crippen molar-refractivity contribution in [2.45, 2.75) is 13.5 Å². The summed E-state index contributed by atoms with van der Waals surface area (Å²) < 4.78 is 5.11. The maximum atomic E-state index is 12.2. The van der Waals surface area contributed by atoms with Crippen molar-refractivity contribution in [1.29, 1.82) is 0 Å². The first-order valence-corrected chi connectivity index (χ1v) is 8.87. The second-order valence-corrected chi connectivity index (χ2v) is 6.11. The van der Waals surface area contributed by atoms with Gasteiger partial charge in [0.15, 0.2) is 12.4 Å². The van der Waals surface area contributed by atoms with Crippen LogP contribution in [0.15, 0.2) is 29.1 Å². The summed E-state index contributed by atoms with van der Waals surface area (Å²) in [4.78, 5) is 43.9. The lowest BCUT2D eigenvalue weighted by Gasteiger charge is -2.18. The van der Waals surface area contributed by atoms with Gasteiger partial charge in [-0.25, -0.2) is 4.98 Å². The largest absolute Gasteiger partial charge is 0.379 e. The van der Waals surface area contributed by atoms with E-state index in [2.05, 4.69) is 20.6 Å². The second kappa shape index (κ2) is 10.4. The van der Waals surface area contributed by atoms with E-state index in [1.165, 1.54) is 0 Å². The molecule has 27 heavy (non-hydrogen) atoms. The molecule has 2 rings (SSSR count). The number of nitrogens with one attached hydrogen (secondary N) is 4. The van der Waals surface area contributed by atoms with Gasteiger partial charge in [-0.2, -0.15) is 0 Å². The zero-order valence-corrected chi connectivity index (χ0v) is 15.6. The Hall–Kier alpha value is -2.78. The van der Waals surface area contributed by atoms with Crippen molar-refractivity contribution in [2.24, 2.45) is 0 Å². The van der Waals surface area contributed by atoms with Crippen LogP contribution in [0.25, 0.3) is 10.9 Å². The van der Waals surface area contributed by atoms with Gasteiger partial charge >= 0.3 is 0 Å². The maximum Gasteiger partial charge on any atom is 0.275 e. The fraction of sp³-hybridized carbons (Fsp3) is 0.444. The molecule has 1 heterocycles. The highest BCUT2D eigenvalue weighted by Crippen LogP contribution is 2.04. The standard InChI is InChI=1S/C18H25N5O4/c1-3-19-16(24)10-20-17(25)12-23(8-9-27-2)11-15-21-14-7-5-4-6-13(14)18(26)22-15/h4-7H,3,8-12H2,1-2H3,(H,19,24)(H,20,25)(H,21,22,26)/p+1. The van der Waals surface area contributed by atoms with Gasteiger partial charge in [-0.1, -0.05) is 12.1 Å². The number of aromatic nitrogens is 2. The highest BCUT2D eigenvalue weighted by molar-refractivity contribution is 5.85. The Morgan fingerprint density at radius 1 is 1.22 bits per heavy atom. The quantitative estimate of drug-likeness (QED) is 0.391. The molecule has 0 aliphatic heterocycles. The van der Waals surface area contributed by atoms with Crippen LogP contribution in [0, 0.1) is 0 Å². The average Bonchev–Trinajstić information content (AvgIpc) is 2.65. The molecular weight excluding hydrogens is 350 g/mol. The smallest absolute Gasteiger partial charge is 0.275 e. The molecule has 0 bridgehead atoms. The van der Waals surface area contributed by atoms with Gasteiger partial charge < -0.3 is 25.3 Å². The van der Waals surface area contributed by atoms with Crippen LogP contribution in [0.2, 0.25) is 0 Å². The molecule has 146 valence electrons. The lowest BCUT2D eigenvalue weighted by atomic mass is 10.2. The predicted octanol–water partition coefficient (Wildman–Crippen LogP) is -1.79. The van der Waals surface area contributed by atoms with Crippen molar-refractivity contribution in [3.05, 3.63) is 40.4 Å². The van der Waals surface area contributed by atoms with Crippen molar-refractivity contribution in [1.82, 2.24) is 20.6 Å². The van der Waals surface area contributed by atoms with Crippen molar-refractivity contribution in [3.63, 3.8) is 0 Å². The van der Waals surface area contributed by atoms with E-state index in [-0.39, 0.29) is 30.5 Å². The number of methoxy groups -OCH3 is 1. The summed E-state index contributed by atoms with van der Waals surface area (Å²) >= 11 is 0. The molecular formula is C18H26N5O4+. The predicted molar refractivity (Wildman–Crippen MR) is 100 cm³/mol. The first kappa shape index (κ1) is 20.5. The number of H-pyrrole nitrogens is 1. The van der Waals surface area contributed by atoms with Gasteiger partial charge in [0, 0.05) is 13.7 Å². The van der Waals surface area contributed by atoms with E-state index in [9.17, 15) is 14.4 Å². The minimum atomic E-state index is -0.254. The summed E-state index contributed by atoms with van der Waals surface area (Å²) in [5, 5.41) is 5.74. The SMILES string of the molecule is CCNC(=O)CNC(=O)C[NH+](CCOC)Cc1nc2ccccc2c(=O)[nH]1. The summed E-state index contributed by atoms with van der Waals surface area (Å²) in [7, 11) is 1.59. The average molecular weight is 376 g/mol. The van der Waals surface area contributed by atoms with Gasteiger partial charge in [-0.3, -0.25) is 14.4 Å². The van der Waals surface area contributed by atoms with E-state index >= 15 is 0 Å². The molecule has 0 saturated heterocycles. The molecule has 0 aliphatic rings. The van der Waals surface area contributed by atoms with Crippen LogP contribution in [-0.2, 0) is 20.9 Å². The molecule has 0 radical (unpaired) electrons. The van der Waals surface area contributed by atoms with Gasteiger partial charge in [0.25, 0.3) is 11.5 Å². The molecule has 0 saturated carbocycles. The molecule has 0 fully saturated rings. The Balaban J connectivity index is 2.04. The minimum absolute atomic E-state index is 0.0602. The van der Waals surface area contributed by atoms with E-state index in [4.69, 9.17) is 4.74 Å². The van der Waals surface area contributed by atoms with E-state index < -0.39 is 0 Å². The lowest BCUT2D eigenvalue weighted by Crippen LogP contribution is -3.12. The summed E-state index contributed by atoms with van der Waals surface area (Å²) in [6.45, 7) is 3.78. The highest BCUT2D eigenvalue weighted by Gasteiger charge is 2.17. The van der Waals surface area contributed by atoms with E-state index in [1.54, 1.807) is 25.3 Å². The number of benzene rings is 1. The van der Waals surface area contributed by atoms with Gasteiger partial charge in [0.1, 0.15) is 13.1 Å². The third-order valence-electron chi connectivity index (χ3n) is 3.97. The van der Waals surface area contributed by atoms with Crippen LogP contribution in [0.4, 0.5) is 0 Å².